The minimum Gasteiger partial charge on any atom is -0.338 e. The molecule has 0 aliphatic heterocycles. The molecule has 9 heteroatoms. The Morgan fingerprint density at radius 1 is 1.06 bits per heavy atom. The number of hydrogen-bond donors (Lipinski definition) is 0. The van der Waals surface area contributed by atoms with Gasteiger partial charge in [-0.25, -0.2) is 4.39 Å². The number of thioether (sulfide) groups is 1. The van der Waals surface area contributed by atoms with E-state index in [0.717, 1.165) is 17.4 Å². The van der Waals surface area contributed by atoms with Crippen molar-refractivity contribution in [2.75, 3.05) is 14.1 Å². The maximum absolute atomic E-state index is 13.2. The molecule has 0 bridgehead atoms. The minimum atomic E-state index is -0.301. The largest absolute Gasteiger partial charge is 0.338 e. The molecule has 32 heavy (non-hydrogen) atoms. The van der Waals surface area contributed by atoms with Crippen molar-refractivity contribution in [2.24, 2.45) is 0 Å². The van der Waals surface area contributed by atoms with E-state index in [-0.39, 0.29) is 11.9 Å². The van der Waals surface area contributed by atoms with Crippen molar-refractivity contribution < 1.29 is 8.91 Å². The van der Waals surface area contributed by atoms with E-state index in [1.807, 2.05) is 18.2 Å². The van der Waals surface area contributed by atoms with Crippen LogP contribution in [0, 0.1) is 5.82 Å². The SMILES string of the molecule is CC[C@@H](c1nnc(SCc2nc(-c3ccc(F)cc3)no2)n1Cc1ccccc1)N(C)C. The van der Waals surface area contributed by atoms with E-state index in [1.54, 1.807) is 12.1 Å². The molecule has 2 aromatic carbocycles. The lowest BCUT2D eigenvalue weighted by Crippen LogP contribution is -2.23. The van der Waals surface area contributed by atoms with Gasteiger partial charge in [0.2, 0.25) is 11.7 Å². The summed E-state index contributed by atoms with van der Waals surface area (Å²) in [5.74, 6) is 2.00. The number of hydrogen-bond acceptors (Lipinski definition) is 7. The van der Waals surface area contributed by atoms with Crippen LogP contribution in [0.2, 0.25) is 0 Å². The van der Waals surface area contributed by atoms with Gasteiger partial charge in [0.05, 0.1) is 18.3 Å². The molecule has 2 heterocycles. The third-order valence-electron chi connectivity index (χ3n) is 5.13. The zero-order valence-corrected chi connectivity index (χ0v) is 19.1. The lowest BCUT2D eigenvalue weighted by atomic mass is 10.2. The van der Waals surface area contributed by atoms with Gasteiger partial charge in [0.25, 0.3) is 0 Å². The molecule has 4 aromatic rings. The molecule has 0 spiro atoms. The Kier molecular flexibility index (Phi) is 6.96. The van der Waals surface area contributed by atoms with Gasteiger partial charge in [-0.1, -0.05) is 54.2 Å². The number of aromatic nitrogens is 5. The van der Waals surface area contributed by atoms with Gasteiger partial charge < -0.3 is 9.09 Å². The first-order valence-corrected chi connectivity index (χ1v) is 11.4. The van der Waals surface area contributed by atoms with Crippen LogP contribution in [-0.4, -0.2) is 43.9 Å². The molecule has 7 nitrogen and oxygen atoms in total. The topological polar surface area (TPSA) is 72.9 Å². The zero-order valence-electron chi connectivity index (χ0n) is 18.3. The molecule has 0 amide bonds. The second kappa shape index (κ2) is 10.1. The highest BCUT2D eigenvalue weighted by Crippen LogP contribution is 2.28. The number of rotatable bonds is 9. The van der Waals surface area contributed by atoms with Crippen LogP contribution in [0.5, 0.6) is 0 Å². The third kappa shape index (κ3) is 5.05. The summed E-state index contributed by atoms with van der Waals surface area (Å²) in [4.78, 5) is 6.60. The first kappa shape index (κ1) is 22.2. The Morgan fingerprint density at radius 3 is 2.50 bits per heavy atom. The molecule has 0 radical (unpaired) electrons. The fourth-order valence-electron chi connectivity index (χ4n) is 3.50. The van der Waals surface area contributed by atoms with E-state index in [0.29, 0.717) is 29.6 Å². The zero-order chi connectivity index (χ0) is 22.5. The van der Waals surface area contributed by atoms with Crippen molar-refractivity contribution in [3.05, 3.63) is 77.7 Å². The maximum atomic E-state index is 13.2. The summed E-state index contributed by atoms with van der Waals surface area (Å²) in [5.41, 5.74) is 1.89. The van der Waals surface area contributed by atoms with Crippen molar-refractivity contribution in [3.63, 3.8) is 0 Å². The van der Waals surface area contributed by atoms with Crippen LogP contribution in [0.15, 0.2) is 64.3 Å². The first-order valence-electron chi connectivity index (χ1n) is 10.4. The monoisotopic (exact) mass is 452 g/mol. The summed E-state index contributed by atoms with van der Waals surface area (Å²) in [5, 5.41) is 13.8. The smallest absolute Gasteiger partial charge is 0.237 e. The molecular weight excluding hydrogens is 427 g/mol. The molecule has 0 aliphatic carbocycles. The number of nitrogens with zero attached hydrogens (tertiary/aromatic N) is 6. The van der Waals surface area contributed by atoms with Gasteiger partial charge in [0.15, 0.2) is 11.0 Å². The third-order valence-corrected chi connectivity index (χ3v) is 6.08. The first-order chi connectivity index (χ1) is 15.5. The maximum Gasteiger partial charge on any atom is 0.237 e. The predicted molar refractivity (Wildman–Crippen MR) is 122 cm³/mol. The molecule has 166 valence electrons. The van der Waals surface area contributed by atoms with Crippen molar-refractivity contribution in [2.45, 2.75) is 36.8 Å². The molecule has 0 N–H and O–H groups in total. The standard InChI is InChI=1S/C23H25FN6OS/c1-4-19(29(2)3)22-26-27-23(30(22)14-16-8-6-5-7-9-16)32-15-20-25-21(28-31-20)17-10-12-18(24)13-11-17/h5-13,19H,4,14-15H2,1-3H3/t19-/m0/s1. The summed E-state index contributed by atoms with van der Waals surface area (Å²) in [6.07, 6.45) is 0.926. The van der Waals surface area contributed by atoms with Crippen LogP contribution >= 0.6 is 11.8 Å². The van der Waals surface area contributed by atoms with Crippen molar-refractivity contribution in [1.82, 2.24) is 29.8 Å². The predicted octanol–water partition coefficient (Wildman–Crippen LogP) is 4.82. The summed E-state index contributed by atoms with van der Waals surface area (Å²) in [6, 6.07) is 16.5. The second-order valence-electron chi connectivity index (χ2n) is 7.61. The van der Waals surface area contributed by atoms with E-state index in [4.69, 9.17) is 4.52 Å². The van der Waals surface area contributed by atoms with Gasteiger partial charge in [-0.3, -0.25) is 4.90 Å². The van der Waals surface area contributed by atoms with Gasteiger partial charge in [0, 0.05) is 5.56 Å². The van der Waals surface area contributed by atoms with Crippen LogP contribution in [0.4, 0.5) is 4.39 Å². The van der Waals surface area contributed by atoms with Gasteiger partial charge in [-0.05, 0) is 50.3 Å². The molecule has 0 saturated heterocycles. The molecule has 0 saturated carbocycles. The van der Waals surface area contributed by atoms with Crippen LogP contribution in [-0.2, 0) is 12.3 Å². The molecule has 2 aromatic heterocycles. The van der Waals surface area contributed by atoms with E-state index < -0.39 is 0 Å². The normalized spacial score (nSPS) is 12.4. The highest BCUT2D eigenvalue weighted by atomic mass is 32.2. The summed E-state index contributed by atoms with van der Waals surface area (Å²) in [7, 11) is 4.11. The van der Waals surface area contributed by atoms with Crippen LogP contribution in [0.3, 0.4) is 0 Å². The highest BCUT2D eigenvalue weighted by molar-refractivity contribution is 7.98. The summed E-state index contributed by atoms with van der Waals surface area (Å²) < 4.78 is 20.7. The minimum absolute atomic E-state index is 0.161. The van der Waals surface area contributed by atoms with Gasteiger partial charge in [0.1, 0.15) is 5.82 Å². The molecule has 1 atom stereocenters. The molecular formula is C23H25FN6OS. The van der Waals surface area contributed by atoms with Crippen LogP contribution < -0.4 is 0 Å². The molecule has 0 aliphatic rings. The Balaban J connectivity index is 1.55. The quantitative estimate of drug-likeness (QED) is 0.337. The van der Waals surface area contributed by atoms with Gasteiger partial charge in [-0.2, -0.15) is 4.98 Å². The van der Waals surface area contributed by atoms with Crippen LogP contribution in [0.1, 0.15) is 36.7 Å². The van der Waals surface area contributed by atoms with Gasteiger partial charge >= 0.3 is 0 Å². The lowest BCUT2D eigenvalue weighted by molar-refractivity contribution is 0.272. The van der Waals surface area contributed by atoms with E-state index >= 15 is 0 Å². The Hall–Kier alpha value is -3.04. The average molecular weight is 453 g/mol. The number of benzene rings is 2. The van der Waals surface area contributed by atoms with Crippen molar-refractivity contribution in [3.8, 4) is 11.4 Å². The Bertz CT molecular complexity index is 1140. The fraction of sp³-hybridized carbons (Fsp3) is 0.304. The Morgan fingerprint density at radius 2 is 1.81 bits per heavy atom. The highest BCUT2D eigenvalue weighted by Gasteiger charge is 2.22. The molecule has 0 fully saturated rings. The van der Waals surface area contributed by atoms with E-state index in [9.17, 15) is 4.39 Å². The van der Waals surface area contributed by atoms with Crippen molar-refractivity contribution in [1.29, 1.82) is 0 Å². The van der Waals surface area contributed by atoms with Crippen molar-refractivity contribution >= 4 is 11.8 Å². The van der Waals surface area contributed by atoms with Gasteiger partial charge in [-0.15, -0.1) is 10.2 Å². The van der Waals surface area contributed by atoms with Crippen LogP contribution in [0.25, 0.3) is 11.4 Å². The Labute approximate surface area is 190 Å². The van der Waals surface area contributed by atoms with E-state index in [1.165, 1.54) is 29.5 Å². The molecule has 4 rings (SSSR count). The average Bonchev–Trinajstić information content (AvgIpc) is 3.42. The van der Waals surface area contributed by atoms with E-state index in [2.05, 4.69) is 63.0 Å². The summed E-state index contributed by atoms with van der Waals surface area (Å²) in [6.45, 7) is 2.83. The molecule has 0 unspecified atom stereocenters. The fourth-order valence-corrected chi connectivity index (χ4v) is 4.28. The lowest BCUT2D eigenvalue weighted by Gasteiger charge is -2.23. The number of halogens is 1. The summed E-state index contributed by atoms with van der Waals surface area (Å²) >= 11 is 1.51. The second-order valence-corrected chi connectivity index (χ2v) is 8.55.